The molecule has 3 fully saturated rings. The van der Waals surface area contributed by atoms with E-state index in [9.17, 15) is 4.79 Å². The molecule has 0 radical (unpaired) electrons. The van der Waals surface area contributed by atoms with Crippen LogP contribution in [0.25, 0.3) is 0 Å². The molecule has 3 heteroatoms. The third-order valence-electron chi connectivity index (χ3n) is 7.72. The maximum atomic E-state index is 12.6. The smallest absolute Gasteiger partial charge is 0.343 e. The van der Waals surface area contributed by atoms with E-state index < -0.39 is 0 Å². The van der Waals surface area contributed by atoms with E-state index in [0.29, 0.717) is 28.7 Å². The van der Waals surface area contributed by atoms with E-state index in [0.717, 1.165) is 18.6 Å². The average molecular weight is 421 g/mol. The van der Waals surface area contributed by atoms with Gasteiger partial charge in [-0.25, -0.2) is 4.79 Å². The van der Waals surface area contributed by atoms with Gasteiger partial charge >= 0.3 is 5.97 Å². The Labute approximate surface area is 187 Å². The zero-order valence-corrected chi connectivity index (χ0v) is 19.1. The lowest BCUT2D eigenvalue weighted by atomic mass is 9.51. The Bertz CT molecular complexity index is 842. The second-order valence-corrected chi connectivity index (χ2v) is 9.67. The fourth-order valence-electron chi connectivity index (χ4n) is 5.67. The van der Waals surface area contributed by atoms with E-state index in [1.807, 2.05) is 24.3 Å². The molecule has 0 aromatic heterocycles. The fourth-order valence-corrected chi connectivity index (χ4v) is 5.67. The quantitative estimate of drug-likeness (QED) is 0.240. The van der Waals surface area contributed by atoms with E-state index in [1.165, 1.54) is 56.9 Å². The fraction of sp³-hybridized carbons (Fsp3) is 0.536. The summed E-state index contributed by atoms with van der Waals surface area (Å²) in [4.78, 5) is 12.6. The van der Waals surface area contributed by atoms with E-state index in [1.54, 1.807) is 12.1 Å². The van der Waals surface area contributed by atoms with Gasteiger partial charge in [-0.1, -0.05) is 38.8 Å². The lowest BCUT2D eigenvalue weighted by molar-refractivity contribution is 0.0320. The van der Waals surface area contributed by atoms with Crippen molar-refractivity contribution in [3.8, 4) is 11.5 Å². The molecular formula is C28H36O3. The Kier molecular flexibility index (Phi) is 6.69. The van der Waals surface area contributed by atoms with Crippen molar-refractivity contribution < 1.29 is 14.3 Å². The van der Waals surface area contributed by atoms with E-state index in [2.05, 4.69) is 26.0 Å². The molecular weight excluding hydrogens is 384 g/mol. The van der Waals surface area contributed by atoms with Crippen molar-refractivity contribution >= 4 is 5.97 Å². The van der Waals surface area contributed by atoms with Crippen LogP contribution in [0.15, 0.2) is 48.5 Å². The van der Waals surface area contributed by atoms with Gasteiger partial charge in [0.15, 0.2) is 0 Å². The first-order chi connectivity index (χ1) is 15.1. The monoisotopic (exact) mass is 420 g/mol. The maximum absolute atomic E-state index is 12.6. The van der Waals surface area contributed by atoms with Gasteiger partial charge in [0.25, 0.3) is 0 Å². The second-order valence-electron chi connectivity index (χ2n) is 9.67. The molecule has 0 heterocycles. The number of benzene rings is 2. The second kappa shape index (κ2) is 9.46. The highest BCUT2D eigenvalue weighted by atomic mass is 16.5. The van der Waals surface area contributed by atoms with Crippen LogP contribution < -0.4 is 9.47 Å². The molecule has 3 saturated carbocycles. The third kappa shape index (κ3) is 4.81. The van der Waals surface area contributed by atoms with Gasteiger partial charge in [0.05, 0.1) is 12.2 Å². The normalized spacial score (nSPS) is 24.7. The molecule has 0 saturated heterocycles. The summed E-state index contributed by atoms with van der Waals surface area (Å²) >= 11 is 0. The first-order valence-electron chi connectivity index (χ1n) is 12.1. The summed E-state index contributed by atoms with van der Waals surface area (Å²) in [6, 6.07) is 15.5. The van der Waals surface area contributed by atoms with E-state index in [-0.39, 0.29) is 5.97 Å². The average Bonchev–Trinajstić information content (AvgIpc) is 2.82. The highest BCUT2D eigenvalue weighted by molar-refractivity contribution is 5.91. The molecule has 3 nitrogen and oxygen atoms in total. The first-order valence-corrected chi connectivity index (χ1v) is 12.1. The number of carbonyl (C=O) groups excluding carboxylic acids is 1. The van der Waals surface area contributed by atoms with Crippen LogP contribution in [0.5, 0.6) is 11.5 Å². The van der Waals surface area contributed by atoms with Crippen LogP contribution in [0.3, 0.4) is 0 Å². The predicted octanol–water partition coefficient (Wildman–Crippen LogP) is 7.48. The Morgan fingerprint density at radius 2 is 1.42 bits per heavy atom. The number of esters is 1. The van der Waals surface area contributed by atoms with Crippen LogP contribution in [0.1, 0.15) is 94.0 Å². The minimum atomic E-state index is -0.307. The van der Waals surface area contributed by atoms with Crippen molar-refractivity contribution in [2.45, 2.75) is 83.5 Å². The molecule has 3 aliphatic carbocycles. The minimum Gasteiger partial charge on any atom is -0.494 e. The van der Waals surface area contributed by atoms with Crippen LogP contribution in [0, 0.1) is 5.41 Å². The lowest BCUT2D eigenvalue weighted by Crippen LogP contribution is -2.44. The molecule has 166 valence electrons. The largest absolute Gasteiger partial charge is 0.494 e. The van der Waals surface area contributed by atoms with Crippen molar-refractivity contribution in [3.05, 3.63) is 59.7 Å². The van der Waals surface area contributed by atoms with Crippen LogP contribution in [0.2, 0.25) is 0 Å². The van der Waals surface area contributed by atoms with Crippen molar-refractivity contribution in [3.63, 3.8) is 0 Å². The number of hydrogen-bond acceptors (Lipinski definition) is 3. The van der Waals surface area contributed by atoms with E-state index >= 15 is 0 Å². The standard InChI is InChI=1S/C28H36O3/c1-3-5-21-30-24-10-12-25(13-11-24)31-26(29)22-6-8-23(9-7-22)28-18-15-27(14-4-2,16-19-28)17-20-28/h6-13H,3-5,14-21H2,1-2H3. The lowest BCUT2D eigenvalue weighted by Gasteiger charge is -2.54. The predicted molar refractivity (Wildman–Crippen MR) is 125 cm³/mol. The van der Waals surface area contributed by atoms with Gasteiger partial charge in [-0.15, -0.1) is 0 Å². The third-order valence-corrected chi connectivity index (χ3v) is 7.72. The number of ether oxygens (including phenoxy) is 2. The molecule has 2 bridgehead atoms. The molecule has 5 rings (SSSR count). The van der Waals surface area contributed by atoms with Gasteiger partial charge in [-0.05, 0) is 104 Å². The molecule has 2 aromatic carbocycles. The molecule has 0 unspecified atom stereocenters. The first kappa shape index (κ1) is 21.9. The van der Waals surface area contributed by atoms with Crippen molar-refractivity contribution in [1.29, 1.82) is 0 Å². The number of fused-ring (bicyclic) bond motifs is 3. The molecule has 0 aliphatic heterocycles. The Hall–Kier alpha value is -2.29. The molecule has 3 aliphatic rings. The number of unbranched alkanes of at least 4 members (excludes halogenated alkanes) is 1. The Morgan fingerprint density at radius 1 is 0.806 bits per heavy atom. The summed E-state index contributed by atoms with van der Waals surface area (Å²) in [7, 11) is 0. The van der Waals surface area contributed by atoms with Crippen molar-refractivity contribution in [1.82, 2.24) is 0 Å². The van der Waals surface area contributed by atoms with Gasteiger partial charge in [0.1, 0.15) is 11.5 Å². The van der Waals surface area contributed by atoms with Crippen LogP contribution in [-0.4, -0.2) is 12.6 Å². The number of carbonyl (C=O) groups is 1. The highest BCUT2D eigenvalue weighted by Gasteiger charge is 2.48. The Balaban J connectivity index is 1.36. The topological polar surface area (TPSA) is 35.5 Å². The maximum Gasteiger partial charge on any atom is 0.343 e. The van der Waals surface area contributed by atoms with E-state index in [4.69, 9.17) is 9.47 Å². The van der Waals surface area contributed by atoms with Gasteiger partial charge in [-0.2, -0.15) is 0 Å². The van der Waals surface area contributed by atoms with Crippen molar-refractivity contribution in [2.24, 2.45) is 5.41 Å². The Morgan fingerprint density at radius 3 is 2.00 bits per heavy atom. The molecule has 0 atom stereocenters. The molecule has 0 N–H and O–H groups in total. The number of rotatable bonds is 9. The molecule has 2 aromatic rings. The van der Waals surface area contributed by atoms with Gasteiger partial charge in [0.2, 0.25) is 0 Å². The van der Waals surface area contributed by atoms with Crippen molar-refractivity contribution in [2.75, 3.05) is 6.61 Å². The summed E-state index contributed by atoms with van der Waals surface area (Å²) in [5.41, 5.74) is 2.96. The van der Waals surface area contributed by atoms with Gasteiger partial charge in [0, 0.05) is 0 Å². The molecule has 0 amide bonds. The van der Waals surface area contributed by atoms with Gasteiger partial charge < -0.3 is 9.47 Å². The minimum absolute atomic E-state index is 0.307. The molecule has 0 spiro atoms. The summed E-state index contributed by atoms with van der Waals surface area (Å²) in [5.74, 6) is 1.04. The van der Waals surface area contributed by atoms with Gasteiger partial charge in [-0.3, -0.25) is 0 Å². The SMILES string of the molecule is CCCCOc1ccc(OC(=O)c2ccc(C34CCC(CCC)(CC3)CC4)cc2)cc1. The summed E-state index contributed by atoms with van der Waals surface area (Å²) in [5, 5.41) is 0. The number of hydrogen-bond donors (Lipinski definition) is 0. The highest BCUT2D eigenvalue weighted by Crippen LogP contribution is 2.59. The summed E-state index contributed by atoms with van der Waals surface area (Å²) in [6.07, 6.45) is 12.8. The zero-order chi connectivity index (χ0) is 21.7. The van der Waals surface area contributed by atoms with Crippen LogP contribution in [-0.2, 0) is 5.41 Å². The van der Waals surface area contributed by atoms with Crippen LogP contribution >= 0.6 is 0 Å². The summed E-state index contributed by atoms with van der Waals surface area (Å²) in [6.45, 7) is 5.17. The molecule has 31 heavy (non-hydrogen) atoms. The van der Waals surface area contributed by atoms with Crippen LogP contribution in [0.4, 0.5) is 0 Å². The zero-order valence-electron chi connectivity index (χ0n) is 19.1. The summed E-state index contributed by atoms with van der Waals surface area (Å²) < 4.78 is 11.2.